The molecule has 2 nitrogen and oxygen atoms in total. The van der Waals surface area contributed by atoms with Crippen molar-refractivity contribution in [1.82, 2.24) is 0 Å². The van der Waals surface area contributed by atoms with Gasteiger partial charge in [-0.1, -0.05) is 32.8 Å². The highest BCUT2D eigenvalue weighted by Gasteiger charge is 2.09. The van der Waals surface area contributed by atoms with Gasteiger partial charge in [0.15, 0.2) is 0 Å². The quantitative estimate of drug-likeness (QED) is 0.569. The van der Waals surface area contributed by atoms with Gasteiger partial charge in [0.1, 0.15) is 5.75 Å². The van der Waals surface area contributed by atoms with E-state index < -0.39 is 0 Å². The Morgan fingerprint density at radius 1 is 1.06 bits per heavy atom. The van der Waals surface area contributed by atoms with E-state index in [-0.39, 0.29) is 5.75 Å². The van der Waals surface area contributed by atoms with E-state index in [0.29, 0.717) is 5.69 Å². The first-order valence-electron chi connectivity index (χ1n) is 6.29. The summed E-state index contributed by atoms with van der Waals surface area (Å²) in [5, 5.41) is 9.62. The van der Waals surface area contributed by atoms with Crippen molar-refractivity contribution >= 4 is 5.69 Å². The Morgan fingerprint density at radius 3 is 2.31 bits per heavy atom. The molecule has 0 atom stereocenters. The molecule has 0 amide bonds. The summed E-state index contributed by atoms with van der Waals surface area (Å²) in [6.45, 7) is 4.36. The first-order chi connectivity index (χ1) is 7.70. The van der Waals surface area contributed by atoms with E-state index in [4.69, 9.17) is 5.73 Å². The number of nitrogens with two attached hydrogens (primary N) is 1. The van der Waals surface area contributed by atoms with Crippen molar-refractivity contribution < 1.29 is 5.11 Å². The van der Waals surface area contributed by atoms with Crippen molar-refractivity contribution in [2.24, 2.45) is 0 Å². The van der Waals surface area contributed by atoms with E-state index in [1.165, 1.54) is 18.4 Å². The highest BCUT2D eigenvalue weighted by molar-refractivity contribution is 5.60. The average molecular weight is 221 g/mol. The summed E-state index contributed by atoms with van der Waals surface area (Å²) in [5.74, 6) is 0.228. The number of hydrogen-bond acceptors (Lipinski definition) is 2. The van der Waals surface area contributed by atoms with Crippen molar-refractivity contribution in [2.75, 3.05) is 5.73 Å². The molecule has 2 heteroatoms. The minimum atomic E-state index is 0.228. The van der Waals surface area contributed by atoms with E-state index >= 15 is 0 Å². The molecule has 0 radical (unpaired) electrons. The largest absolute Gasteiger partial charge is 0.506 e. The number of rotatable bonds is 6. The molecule has 1 aromatic rings. The molecule has 0 saturated heterocycles. The van der Waals surface area contributed by atoms with E-state index in [0.717, 1.165) is 31.2 Å². The van der Waals surface area contributed by atoms with Crippen LogP contribution in [0, 0.1) is 0 Å². The van der Waals surface area contributed by atoms with Crippen LogP contribution in [0.2, 0.25) is 0 Å². The predicted octanol–water partition coefficient (Wildman–Crippen LogP) is 3.66. The summed E-state index contributed by atoms with van der Waals surface area (Å²) in [6.07, 6.45) is 6.71. The topological polar surface area (TPSA) is 46.2 Å². The maximum Gasteiger partial charge on any atom is 0.138 e. The SMILES string of the molecule is CCCCc1ccc(O)c(N)c1CCCC. The minimum Gasteiger partial charge on any atom is -0.506 e. The van der Waals surface area contributed by atoms with Crippen LogP contribution in [-0.2, 0) is 12.8 Å². The number of hydrogen-bond donors (Lipinski definition) is 2. The van der Waals surface area contributed by atoms with Gasteiger partial charge in [0, 0.05) is 0 Å². The lowest BCUT2D eigenvalue weighted by Crippen LogP contribution is -2.01. The Kier molecular flexibility index (Phi) is 5.17. The van der Waals surface area contributed by atoms with Gasteiger partial charge in [-0.2, -0.15) is 0 Å². The molecule has 0 aliphatic rings. The lowest BCUT2D eigenvalue weighted by molar-refractivity contribution is 0.477. The number of anilines is 1. The molecule has 1 aromatic carbocycles. The highest BCUT2D eigenvalue weighted by Crippen LogP contribution is 2.29. The van der Waals surface area contributed by atoms with Crippen LogP contribution in [0.25, 0.3) is 0 Å². The second-order valence-electron chi connectivity index (χ2n) is 4.34. The number of phenolic OH excluding ortho intramolecular Hbond substituents is 1. The zero-order valence-electron chi connectivity index (χ0n) is 10.4. The Bertz CT molecular complexity index is 334. The first kappa shape index (κ1) is 12.9. The van der Waals surface area contributed by atoms with Crippen LogP contribution in [0.5, 0.6) is 5.75 Å². The normalized spacial score (nSPS) is 10.6. The average Bonchev–Trinajstić information content (AvgIpc) is 2.29. The molecule has 0 aromatic heterocycles. The Hall–Kier alpha value is -1.18. The number of unbranched alkanes of at least 4 members (excludes halogenated alkanes) is 2. The van der Waals surface area contributed by atoms with Crippen LogP contribution in [-0.4, -0.2) is 5.11 Å². The van der Waals surface area contributed by atoms with E-state index in [1.54, 1.807) is 6.07 Å². The molecular weight excluding hydrogens is 198 g/mol. The Labute approximate surface area is 98.5 Å². The summed E-state index contributed by atoms with van der Waals surface area (Å²) >= 11 is 0. The first-order valence-corrected chi connectivity index (χ1v) is 6.29. The summed E-state index contributed by atoms with van der Waals surface area (Å²) in [6, 6.07) is 3.74. The Morgan fingerprint density at radius 2 is 1.69 bits per heavy atom. The molecule has 0 aliphatic heterocycles. The summed E-state index contributed by atoms with van der Waals surface area (Å²) < 4.78 is 0. The van der Waals surface area contributed by atoms with Gasteiger partial charge in [0.05, 0.1) is 5.69 Å². The van der Waals surface area contributed by atoms with E-state index in [9.17, 15) is 5.11 Å². The monoisotopic (exact) mass is 221 g/mol. The van der Waals surface area contributed by atoms with Crippen molar-refractivity contribution in [2.45, 2.75) is 52.4 Å². The fourth-order valence-corrected chi connectivity index (χ4v) is 1.95. The number of benzene rings is 1. The second kappa shape index (κ2) is 6.41. The number of aromatic hydroxyl groups is 1. The van der Waals surface area contributed by atoms with Crippen LogP contribution in [0.4, 0.5) is 5.69 Å². The lowest BCUT2D eigenvalue weighted by Gasteiger charge is -2.13. The molecule has 0 saturated carbocycles. The van der Waals surface area contributed by atoms with Gasteiger partial charge in [0.25, 0.3) is 0 Å². The fraction of sp³-hybridized carbons (Fsp3) is 0.571. The van der Waals surface area contributed by atoms with Crippen LogP contribution < -0.4 is 5.73 Å². The van der Waals surface area contributed by atoms with Crippen LogP contribution >= 0.6 is 0 Å². The molecule has 0 bridgehead atoms. The summed E-state index contributed by atoms with van der Waals surface area (Å²) in [5.41, 5.74) is 9.00. The fourth-order valence-electron chi connectivity index (χ4n) is 1.95. The van der Waals surface area contributed by atoms with Gasteiger partial charge in [-0.25, -0.2) is 0 Å². The summed E-state index contributed by atoms with van der Waals surface area (Å²) in [4.78, 5) is 0. The zero-order valence-corrected chi connectivity index (χ0v) is 10.4. The molecule has 0 fully saturated rings. The highest BCUT2D eigenvalue weighted by atomic mass is 16.3. The lowest BCUT2D eigenvalue weighted by atomic mass is 9.96. The van der Waals surface area contributed by atoms with Crippen molar-refractivity contribution in [3.05, 3.63) is 23.3 Å². The molecule has 90 valence electrons. The number of nitrogen functional groups attached to an aromatic ring is 1. The van der Waals surface area contributed by atoms with Gasteiger partial charge in [-0.05, 0) is 42.9 Å². The van der Waals surface area contributed by atoms with Crippen molar-refractivity contribution in [3.8, 4) is 5.75 Å². The van der Waals surface area contributed by atoms with Crippen LogP contribution in [0.3, 0.4) is 0 Å². The van der Waals surface area contributed by atoms with Crippen LogP contribution in [0.15, 0.2) is 12.1 Å². The molecule has 0 unspecified atom stereocenters. The smallest absolute Gasteiger partial charge is 0.138 e. The third-order valence-electron chi connectivity index (χ3n) is 3.01. The van der Waals surface area contributed by atoms with Gasteiger partial charge >= 0.3 is 0 Å². The number of phenols is 1. The Balaban J connectivity index is 2.91. The maximum atomic E-state index is 9.62. The third-order valence-corrected chi connectivity index (χ3v) is 3.01. The van der Waals surface area contributed by atoms with Gasteiger partial charge in [-0.15, -0.1) is 0 Å². The molecule has 16 heavy (non-hydrogen) atoms. The van der Waals surface area contributed by atoms with Gasteiger partial charge < -0.3 is 10.8 Å². The molecule has 1 rings (SSSR count). The van der Waals surface area contributed by atoms with Gasteiger partial charge in [-0.3, -0.25) is 0 Å². The second-order valence-corrected chi connectivity index (χ2v) is 4.34. The van der Waals surface area contributed by atoms with E-state index in [1.807, 2.05) is 6.07 Å². The minimum absolute atomic E-state index is 0.228. The molecule has 0 heterocycles. The predicted molar refractivity (Wildman–Crippen MR) is 69.7 cm³/mol. The van der Waals surface area contributed by atoms with Gasteiger partial charge in [0.2, 0.25) is 0 Å². The van der Waals surface area contributed by atoms with Crippen LogP contribution in [0.1, 0.15) is 50.7 Å². The summed E-state index contributed by atoms with van der Waals surface area (Å²) in [7, 11) is 0. The van der Waals surface area contributed by atoms with Crippen molar-refractivity contribution in [3.63, 3.8) is 0 Å². The zero-order chi connectivity index (χ0) is 12.0. The molecule has 0 aliphatic carbocycles. The standard InChI is InChI=1S/C14H23NO/c1-3-5-7-11-9-10-13(16)14(15)12(11)8-6-4-2/h9-10,16H,3-8,15H2,1-2H3. The molecule has 0 spiro atoms. The number of aryl methyl sites for hydroxylation is 1. The maximum absolute atomic E-state index is 9.62. The van der Waals surface area contributed by atoms with Crippen molar-refractivity contribution in [1.29, 1.82) is 0 Å². The van der Waals surface area contributed by atoms with E-state index in [2.05, 4.69) is 13.8 Å². The molecular formula is C14H23NO. The molecule has 3 N–H and O–H groups in total. The third kappa shape index (κ3) is 3.16.